The predicted molar refractivity (Wildman–Crippen MR) is 50.4 cm³/mol. The first-order valence-electron chi connectivity index (χ1n) is 4.26. The van der Waals surface area contributed by atoms with E-state index in [1.54, 1.807) is 0 Å². The summed E-state index contributed by atoms with van der Waals surface area (Å²) in [5.41, 5.74) is 6.55. The molecule has 1 saturated heterocycles. The molecule has 2 atom stereocenters. The first-order valence-corrected chi connectivity index (χ1v) is 6.08. The number of nitrogens with one attached hydrogen (secondary N) is 1. The van der Waals surface area contributed by atoms with Crippen molar-refractivity contribution in [3.8, 4) is 0 Å². The van der Waals surface area contributed by atoms with Crippen molar-refractivity contribution in [2.75, 3.05) is 19.3 Å². The largest absolute Gasteiger partial charge is 0.465 e. The van der Waals surface area contributed by atoms with Gasteiger partial charge in [0.05, 0.1) is 19.3 Å². The van der Waals surface area contributed by atoms with Crippen molar-refractivity contribution in [2.45, 2.75) is 12.1 Å². The van der Waals surface area contributed by atoms with E-state index in [1.165, 1.54) is 0 Å². The zero-order valence-corrected chi connectivity index (χ0v) is 9.22. The van der Waals surface area contributed by atoms with Crippen LogP contribution in [-0.4, -0.2) is 56.0 Å². The van der Waals surface area contributed by atoms with E-state index in [0.717, 1.165) is 11.2 Å². The molecule has 0 radical (unpaired) electrons. The van der Waals surface area contributed by atoms with Gasteiger partial charge in [-0.15, -0.1) is 0 Å². The van der Waals surface area contributed by atoms with E-state index in [-0.39, 0.29) is 13.1 Å². The van der Waals surface area contributed by atoms with Crippen molar-refractivity contribution in [3.05, 3.63) is 0 Å². The van der Waals surface area contributed by atoms with Gasteiger partial charge >= 0.3 is 6.09 Å². The summed E-state index contributed by atoms with van der Waals surface area (Å²) in [7, 11) is -3.69. The Balaban J connectivity index is 2.81. The van der Waals surface area contributed by atoms with E-state index in [1.807, 2.05) is 0 Å². The van der Waals surface area contributed by atoms with Crippen LogP contribution in [0.5, 0.6) is 0 Å². The summed E-state index contributed by atoms with van der Waals surface area (Å²) in [6, 6.07) is -0.761. The maximum Gasteiger partial charge on any atom is 0.407 e. The average molecular weight is 251 g/mol. The zero-order valence-electron chi connectivity index (χ0n) is 8.40. The van der Waals surface area contributed by atoms with Crippen LogP contribution in [0.15, 0.2) is 5.11 Å². The Labute approximate surface area is 91.4 Å². The highest BCUT2D eigenvalue weighted by molar-refractivity contribution is 7.86. The maximum atomic E-state index is 10.9. The van der Waals surface area contributed by atoms with Gasteiger partial charge < -0.3 is 10.0 Å². The standard InChI is InChI=1S/C6H10N4O5S/c1-16(13,14)15-5-3-10(6(11)12)2-4(5)8-9-7/h4-5,7H,2-3H2,1H3/p+1. The Morgan fingerprint density at radius 2 is 2.25 bits per heavy atom. The lowest BCUT2D eigenvalue weighted by Gasteiger charge is -2.10. The number of hydrogen-bond acceptors (Lipinski definition) is 6. The summed E-state index contributed by atoms with van der Waals surface area (Å²) in [6.45, 7) is -0.135. The number of carbonyl (C=O) groups is 1. The van der Waals surface area contributed by atoms with Crippen LogP contribution in [0.1, 0.15) is 0 Å². The quantitative estimate of drug-likeness (QED) is 0.386. The Hall–Kier alpha value is -1.51. The maximum absolute atomic E-state index is 10.9. The second-order valence-electron chi connectivity index (χ2n) is 3.31. The van der Waals surface area contributed by atoms with Gasteiger partial charge in [-0.2, -0.15) is 8.42 Å². The van der Waals surface area contributed by atoms with Gasteiger partial charge in [0.25, 0.3) is 10.1 Å². The van der Waals surface area contributed by atoms with Gasteiger partial charge in [0.1, 0.15) is 16.7 Å². The molecule has 1 rings (SSSR count). The Bertz CT molecular complexity index is 428. The highest BCUT2D eigenvalue weighted by Crippen LogP contribution is 2.18. The summed E-state index contributed by atoms with van der Waals surface area (Å²) >= 11 is 0. The first-order chi connectivity index (χ1) is 7.33. The van der Waals surface area contributed by atoms with Crippen LogP contribution < -0.4 is 4.91 Å². The Morgan fingerprint density at radius 3 is 2.69 bits per heavy atom. The number of hydrogen-bond donors (Lipinski definition) is 2. The van der Waals surface area contributed by atoms with Crippen LogP contribution in [0.3, 0.4) is 0 Å². The third-order valence-corrected chi connectivity index (χ3v) is 2.61. The van der Waals surface area contributed by atoms with Crippen LogP contribution >= 0.6 is 0 Å². The number of rotatable bonds is 3. The van der Waals surface area contributed by atoms with Crippen LogP contribution in [-0.2, 0) is 14.3 Å². The highest BCUT2D eigenvalue weighted by Gasteiger charge is 2.41. The SMILES string of the molecule is CS(=O)(=O)OC1CN(C(=O)O)CC1N=[N+]=N. The molecule has 0 aromatic heterocycles. The molecule has 1 amide bonds. The van der Waals surface area contributed by atoms with Crippen molar-refractivity contribution in [2.24, 2.45) is 5.11 Å². The van der Waals surface area contributed by atoms with E-state index in [9.17, 15) is 13.2 Å². The Kier molecular flexibility index (Phi) is 3.58. The predicted octanol–water partition coefficient (Wildman–Crippen LogP) is -0.756. The van der Waals surface area contributed by atoms with Crippen molar-refractivity contribution >= 4 is 16.2 Å². The molecular weight excluding hydrogens is 240 g/mol. The van der Waals surface area contributed by atoms with Gasteiger partial charge in [0, 0.05) is 0 Å². The summed E-state index contributed by atoms with van der Waals surface area (Å²) in [5, 5.41) is 12.1. The topological polar surface area (TPSA) is 134 Å². The molecule has 0 saturated carbocycles. The van der Waals surface area contributed by atoms with E-state index in [4.69, 9.17) is 10.6 Å². The number of nitrogens with zero attached hydrogens (tertiary/aromatic N) is 3. The molecule has 9 nitrogen and oxygen atoms in total. The molecule has 10 heteroatoms. The number of likely N-dealkylation sites (tertiary alicyclic amines) is 1. The first kappa shape index (κ1) is 12.6. The smallest absolute Gasteiger partial charge is 0.407 e. The summed E-state index contributed by atoms with van der Waals surface area (Å²) in [6.07, 6.45) is -1.24. The molecule has 0 bridgehead atoms. The van der Waals surface area contributed by atoms with E-state index >= 15 is 0 Å². The molecule has 1 aliphatic heterocycles. The lowest BCUT2D eigenvalue weighted by Crippen LogP contribution is -2.29. The molecule has 2 unspecified atom stereocenters. The van der Waals surface area contributed by atoms with E-state index in [2.05, 4.69) is 14.2 Å². The fourth-order valence-corrected chi connectivity index (χ4v) is 2.06. The molecule has 0 aromatic carbocycles. The summed E-state index contributed by atoms with van der Waals surface area (Å²) in [5.74, 6) is 0. The molecule has 0 aliphatic carbocycles. The minimum absolute atomic E-state index is 0.0299. The van der Waals surface area contributed by atoms with Crippen molar-refractivity contribution in [1.29, 1.82) is 5.53 Å². The number of carboxylic acid groups (broad SMARTS) is 1. The number of amides is 1. The van der Waals surface area contributed by atoms with Gasteiger partial charge in [0.2, 0.25) is 4.91 Å². The monoisotopic (exact) mass is 251 g/mol. The molecular formula is C6H11N4O5S+. The third-order valence-electron chi connectivity index (χ3n) is 2.01. The molecule has 1 fully saturated rings. The average Bonchev–Trinajstić information content (AvgIpc) is 2.47. The van der Waals surface area contributed by atoms with E-state index < -0.39 is 28.4 Å². The zero-order chi connectivity index (χ0) is 12.3. The Morgan fingerprint density at radius 1 is 1.62 bits per heavy atom. The van der Waals surface area contributed by atoms with Gasteiger partial charge in [-0.3, -0.25) is 4.18 Å². The van der Waals surface area contributed by atoms with Gasteiger partial charge in [-0.05, 0) is 0 Å². The van der Waals surface area contributed by atoms with Gasteiger partial charge in [0.15, 0.2) is 6.04 Å². The van der Waals surface area contributed by atoms with Crippen LogP contribution in [0.25, 0.3) is 0 Å². The fourth-order valence-electron chi connectivity index (χ4n) is 1.42. The van der Waals surface area contributed by atoms with Crippen LogP contribution in [0, 0.1) is 5.53 Å². The van der Waals surface area contributed by atoms with E-state index in [0.29, 0.717) is 0 Å². The van der Waals surface area contributed by atoms with Gasteiger partial charge in [-0.25, -0.2) is 4.79 Å². The molecule has 1 heterocycles. The normalized spacial score (nSPS) is 25.2. The molecule has 1 aliphatic rings. The third kappa shape index (κ3) is 3.26. The minimum Gasteiger partial charge on any atom is -0.465 e. The van der Waals surface area contributed by atoms with Crippen molar-refractivity contribution < 1.29 is 22.5 Å². The highest BCUT2D eigenvalue weighted by atomic mass is 32.2. The fraction of sp³-hybridized carbons (Fsp3) is 0.833. The lowest BCUT2D eigenvalue weighted by molar-refractivity contribution is 0.146. The van der Waals surface area contributed by atoms with Crippen LogP contribution in [0.4, 0.5) is 4.79 Å². The molecule has 90 valence electrons. The summed E-state index contributed by atoms with van der Waals surface area (Å²) < 4.78 is 26.5. The molecule has 0 spiro atoms. The molecule has 16 heavy (non-hydrogen) atoms. The minimum atomic E-state index is -3.69. The van der Waals surface area contributed by atoms with Crippen molar-refractivity contribution in [3.63, 3.8) is 0 Å². The van der Waals surface area contributed by atoms with Crippen molar-refractivity contribution in [1.82, 2.24) is 9.81 Å². The lowest BCUT2D eigenvalue weighted by atomic mass is 10.2. The second-order valence-corrected chi connectivity index (χ2v) is 4.91. The molecule has 0 aromatic rings. The summed E-state index contributed by atoms with van der Waals surface area (Å²) in [4.78, 5) is 14.4. The molecule has 2 N–H and O–H groups in total. The van der Waals surface area contributed by atoms with Crippen LogP contribution in [0.2, 0.25) is 0 Å². The second kappa shape index (κ2) is 4.56. The van der Waals surface area contributed by atoms with Gasteiger partial charge in [-0.1, -0.05) is 0 Å².